The van der Waals surface area contributed by atoms with Crippen LogP contribution in [0.15, 0.2) is 0 Å². The normalized spacial score (nSPS) is 9.60. The van der Waals surface area contributed by atoms with Crippen LogP contribution in [0.2, 0.25) is 0 Å². The molecule has 0 saturated heterocycles. The van der Waals surface area contributed by atoms with E-state index in [1.165, 1.54) is 0 Å². The van der Waals surface area contributed by atoms with Crippen LogP contribution in [0.5, 0.6) is 0 Å². The molecule has 0 amide bonds. The van der Waals surface area contributed by atoms with Crippen LogP contribution in [0.4, 0.5) is 0 Å². The van der Waals surface area contributed by atoms with Crippen LogP contribution >= 0.6 is 8.07 Å². The van der Waals surface area contributed by atoms with E-state index in [4.69, 9.17) is 5.84 Å². The minimum Gasteiger partial charge on any atom is -0.268 e. The Morgan fingerprint density at radius 1 is 1.60 bits per heavy atom. The van der Waals surface area contributed by atoms with E-state index in [0.29, 0.717) is 0 Å². The first-order valence-electron chi connectivity index (χ1n) is 1.41. The second-order valence-electron chi connectivity index (χ2n) is 1.02. The first-order valence-corrected chi connectivity index (χ1v) is 3.64. The van der Waals surface area contributed by atoms with E-state index in [2.05, 4.69) is 18.5 Å². The average Bonchev–Trinajstić information content (AvgIpc) is 1.38. The van der Waals surface area contributed by atoms with Gasteiger partial charge in [0.05, 0.1) is 0 Å². The van der Waals surface area contributed by atoms with E-state index in [9.17, 15) is 0 Å². The second-order valence-corrected chi connectivity index (χ2v) is 3.07. The molecule has 0 aromatic heterocycles. The monoisotopic (exact) mass is 92.1 g/mol. The third-order valence-electron chi connectivity index (χ3n) is 0.258. The fourth-order valence-corrected chi connectivity index (χ4v) is 0. The molecule has 0 rings (SSSR count). The summed E-state index contributed by atoms with van der Waals surface area (Å²) in [5, 5.41) is 2.59. The standard InChI is InChI=1S/C2H9N2P/c1-5(2)4-3/h4H,3H2,1-2H3. The molecule has 0 saturated carbocycles. The van der Waals surface area contributed by atoms with Gasteiger partial charge in [0, 0.05) is 0 Å². The summed E-state index contributed by atoms with van der Waals surface area (Å²) in [4.78, 5) is 0. The first-order chi connectivity index (χ1) is 2.27. The lowest BCUT2D eigenvalue weighted by Crippen LogP contribution is -2.13. The summed E-state index contributed by atoms with van der Waals surface area (Å²) < 4.78 is 0. The summed E-state index contributed by atoms with van der Waals surface area (Å²) >= 11 is 0. The highest BCUT2D eigenvalue weighted by molar-refractivity contribution is 7.53. The van der Waals surface area contributed by atoms with Crippen molar-refractivity contribution in [3.05, 3.63) is 0 Å². The molecular formula is C2H9N2P. The molecule has 0 spiro atoms. The highest BCUT2D eigenvalue weighted by atomic mass is 31.1. The van der Waals surface area contributed by atoms with Gasteiger partial charge in [0.15, 0.2) is 0 Å². The number of hydrogen-bond donors (Lipinski definition) is 2. The molecule has 0 radical (unpaired) electrons. The molecule has 0 aromatic rings. The summed E-state index contributed by atoms with van der Waals surface area (Å²) in [6, 6.07) is 0. The van der Waals surface area contributed by atoms with E-state index < -0.39 is 0 Å². The number of rotatable bonds is 1. The molecule has 32 valence electrons. The minimum atomic E-state index is -0.0705. The van der Waals surface area contributed by atoms with Gasteiger partial charge in [0.2, 0.25) is 0 Å². The Labute approximate surface area is 33.5 Å². The quantitative estimate of drug-likeness (QED) is 0.273. The van der Waals surface area contributed by atoms with Crippen LogP contribution in [-0.2, 0) is 0 Å². The minimum absolute atomic E-state index is 0.0705. The molecule has 0 bridgehead atoms. The molecule has 0 heterocycles. The van der Waals surface area contributed by atoms with Crippen molar-refractivity contribution in [1.82, 2.24) is 5.20 Å². The van der Waals surface area contributed by atoms with E-state index in [0.717, 1.165) is 0 Å². The average molecular weight is 92.1 g/mol. The van der Waals surface area contributed by atoms with E-state index >= 15 is 0 Å². The lowest BCUT2D eigenvalue weighted by molar-refractivity contribution is 1.10. The molecule has 0 aliphatic rings. The summed E-state index contributed by atoms with van der Waals surface area (Å²) in [5.74, 6) is 4.95. The fourth-order valence-electron chi connectivity index (χ4n) is 0. The van der Waals surface area contributed by atoms with Crippen LogP contribution in [0.1, 0.15) is 0 Å². The lowest BCUT2D eigenvalue weighted by Gasteiger charge is -1.96. The van der Waals surface area contributed by atoms with E-state index in [1.54, 1.807) is 0 Å². The van der Waals surface area contributed by atoms with Crippen molar-refractivity contribution in [3.63, 3.8) is 0 Å². The highest BCUT2D eigenvalue weighted by Gasteiger charge is 1.76. The summed E-state index contributed by atoms with van der Waals surface area (Å²) in [6.07, 6.45) is 0. The molecule has 0 fully saturated rings. The van der Waals surface area contributed by atoms with Gasteiger partial charge in [-0.05, 0) is 21.4 Å². The van der Waals surface area contributed by atoms with Crippen molar-refractivity contribution in [3.8, 4) is 0 Å². The zero-order valence-corrected chi connectivity index (χ0v) is 4.42. The maximum absolute atomic E-state index is 4.95. The third-order valence-corrected chi connectivity index (χ3v) is 0.775. The Morgan fingerprint density at radius 2 is 1.80 bits per heavy atom. The van der Waals surface area contributed by atoms with Gasteiger partial charge in [0.1, 0.15) is 0 Å². The van der Waals surface area contributed by atoms with Gasteiger partial charge in [-0.2, -0.15) is 0 Å². The Kier molecular flexibility index (Phi) is 2.76. The predicted octanol–water partition coefficient (Wildman–Crippen LogP) is 0.106. The zero-order chi connectivity index (χ0) is 4.28. The van der Waals surface area contributed by atoms with E-state index in [1.807, 2.05) is 0 Å². The Bertz CT molecular complexity index is 21.6. The smallest absolute Gasteiger partial charge is 0.0292 e. The van der Waals surface area contributed by atoms with Crippen molar-refractivity contribution in [2.75, 3.05) is 13.3 Å². The van der Waals surface area contributed by atoms with Crippen molar-refractivity contribution in [2.45, 2.75) is 0 Å². The van der Waals surface area contributed by atoms with Crippen molar-refractivity contribution in [1.29, 1.82) is 0 Å². The summed E-state index contributed by atoms with van der Waals surface area (Å²) in [7, 11) is -0.0705. The van der Waals surface area contributed by atoms with Crippen molar-refractivity contribution >= 4 is 8.07 Å². The maximum atomic E-state index is 4.95. The summed E-state index contributed by atoms with van der Waals surface area (Å²) in [5.41, 5.74) is 0. The van der Waals surface area contributed by atoms with Crippen LogP contribution < -0.4 is 11.0 Å². The predicted molar refractivity (Wildman–Crippen MR) is 26.1 cm³/mol. The largest absolute Gasteiger partial charge is 0.268 e. The zero-order valence-electron chi connectivity index (χ0n) is 3.52. The van der Waals surface area contributed by atoms with Gasteiger partial charge in [-0.3, -0.25) is 5.84 Å². The lowest BCUT2D eigenvalue weighted by atomic mass is 11.9. The Balaban J connectivity index is 2.54. The number of nitrogens with one attached hydrogen (secondary N) is 1. The van der Waals surface area contributed by atoms with Crippen LogP contribution in [0.3, 0.4) is 0 Å². The molecule has 0 unspecified atom stereocenters. The highest BCUT2D eigenvalue weighted by Crippen LogP contribution is 2.12. The topological polar surface area (TPSA) is 38.0 Å². The molecular weight excluding hydrogens is 83.0 g/mol. The fraction of sp³-hybridized carbons (Fsp3) is 1.00. The SMILES string of the molecule is CP(C)NN. The molecule has 3 heteroatoms. The van der Waals surface area contributed by atoms with E-state index in [-0.39, 0.29) is 8.07 Å². The molecule has 0 aliphatic heterocycles. The van der Waals surface area contributed by atoms with Gasteiger partial charge in [-0.15, -0.1) is 0 Å². The van der Waals surface area contributed by atoms with Gasteiger partial charge < -0.3 is 0 Å². The molecule has 5 heavy (non-hydrogen) atoms. The second kappa shape index (κ2) is 2.58. The van der Waals surface area contributed by atoms with Crippen molar-refractivity contribution < 1.29 is 0 Å². The maximum Gasteiger partial charge on any atom is -0.0292 e. The van der Waals surface area contributed by atoms with Crippen molar-refractivity contribution in [2.24, 2.45) is 5.84 Å². The molecule has 2 nitrogen and oxygen atoms in total. The number of hydrogen-bond acceptors (Lipinski definition) is 2. The molecule has 3 N–H and O–H groups in total. The molecule has 0 aliphatic carbocycles. The number of nitrogens with two attached hydrogens (primary N) is 1. The van der Waals surface area contributed by atoms with Crippen LogP contribution in [-0.4, -0.2) is 13.3 Å². The summed E-state index contributed by atoms with van der Waals surface area (Å²) in [6.45, 7) is 4.10. The third kappa shape index (κ3) is 4.35. The molecule has 0 atom stereocenters. The van der Waals surface area contributed by atoms with Crippen LogP contribution in [0, 0.1) is 0 Å². The van der Waals surface area contributed by atoms with Gasteiger partial charge >= 0.3 is 0 Å². The number of hydrazine groups is 1. The van der Waals surface area contributed by atoms with Gasteiger partial charge in [-0.1, -0.05) is 0 Å². The Morgan fingerprint density at radius 3 is 1.80 bits per heavy atom. The first kappa shape index (κ1) is 5.35. The molecule has 0 aromatic carbocycles. The van der Waals surface area contributed by atoms with Crippen LogP contribution in [0.25, 0.3) is 0 Å². The van der Waals surface area contributed by atoms with Gasteiger partial charge in [0.25, 0.3) is 0 Å². The van der Waals surface area contributed by atoms with Gasteiger partial charge in [-0.25, -0.2) is 5.20 Å². The Hall–Kier alpha value is 0.350.